The summed E-state index contributed by atoms with van der Waals surface area (Å²) in [7, 11) is 4.37. The summed E-state index contributed by atoms with van der Waals surface area (Å²) in [5.41, 5.74) is 5.69. The summed E-state index contributed by atoms with van der Waals surface area (Å²) >= 11 is 0. The number of unbranched alkanes of at least 4 members (excludes halogenated alkanes) is 1. The normalized spacial score (nSPS) is 16.9. The van der Waals surface area contributed by atoms with Gasteiger partial charge in [0.1, 0.15) is 0 Å². The van der Waals surface area contributed by atoms with Gasteiger partial charge in [-0.2, -0.15) is 0 Å². The minimum Gasteiger partial charge on any atom is -0.371 e. The first-order chi connectivity index (χ1) is 13.2. The Morgan fingerprint density at radius 2 is 1.85 bits per heavy atom. The predicted molar refractivity (Wildman–Crippen MR) is 116 cm³/mol. The van der Waals surface area contributed by atoms with Crippen molar-refractivity contribution in [3.8, 4) is 0 Å². The Morgan fingerprint density at radius 3 is 2.74 bits per heavy atom. The Kier molecular flexibility index (Phi) is 5.49. The molecule has 142 valence electrons. The van der Waals surface area contributed by atoms with Crippen LogP contribution in [0.1, 0.15) is 24.0 Å². The third-order valence-corrected chi connectivity index (χ3v) is 5.74. The molecule has 0 amide bonds. The Labute approximate surface area is 163 Å². The second-order valence-electron chi connectivity index (χ2n) is 8.22. The Balaban J connectivity index is 1.37. The quantitative estimate of drug-likeness (QED) is 0.615. The number of benzene rings is 2. The number of hydrogen-bond acceptors (Lipinski definition) is 2. The molecule has 2 heterocycles. The third-order valence-electron chi connectivity index (χ3n) is 5.74. The summed E-state index contributed by atoms with van der Waals surface area (Å²) in [5, 5.41) is 1.38. The number of nitrogens with zero attached hydrogens (tertiary/aromatic N) is 2. The van der Waals surface area contributed by atoms with E-state index >= 15 is 0 Å². The van der Waals surface area contributed by atoms with Crippen molar-refractivity contribution >= 4 is 16.6 Å². The molecule has 0 saturated heterocycles. The molecule has 27 heavy (non-hydrogen) atoms. The van der Waals surface area contributed by atoms with Crippen LogP contribution in [0.2, 0.25) is 0 Å². The number of H-pyrrole nitrogens is 1. The van der Waals surface area contributed by atoms with Crippen molar-refractivity contribution in [3.63, 3.8) is 0 Å². The minimum absolute atomic E-state index is 0.725. The van der Waals surface area contributed by atoms with Crippen LogP contribution in [0, 0.1) is 5.92 Å². The molecule has 1 aliphatic rings. The van der Waals surface area contributed by atoms with E-state index < -0.39 is 0 Å². The highest BCUT2D eigenvalue weighted by atomic mass is 15.2. The van der Waals surface area contributed by atoms with E-state index in [4.69, 9.17) is 0 Å². The number of fused-ring (bicyclic) bond motifs is 2. The van der Waals surface area contributed by atoms with Gasteiger partial charge in [0.15, 0.2) is 0 Å². The number of nitrogens with one attached hydrogen (secondary N) is 1. The Morgan fingerprint density at radius 1 is 1.04 bits per heavy atom. The van der Waals surface area contributed by atoms with Crippen LogP contribution in [0.4, 0.5) is 5.69 Å². The van der Waals surface area contributed by atoms with Crippen LogP contribution < -0.4 is 4.90 Å². The number of aryl methyl sites for hydroxylation is 1. The zero-order valence-corrected chi connectivity index (χ0v) is 16.6. The SMILES string of the molecule is CN(C)CC1Cc2ccccc2N(CCCCc2c[nH]c3ccccc23)C1. The van der Waals surface area contributed by atoms with E-state index in [2.05, 4.69) is 83.6 Å². The average Bonchev–Trinajstić information content (AvgIpc) is 3.08. The van der Waals surface area contributed by atoms with Gasteiger partial charge in [0.25, 0.3) is 0 Å². The molecule has 1 atom stereocenters. The van der Waals surface area contributed by atoms with Crippen molar-refractivity contribution in [2.75, 3.05) is 38.6 Å². The fourth-order valence-corrected chi connectivity index (χ4v) is 4.58. The molecule has 0 aliphatic carbocycles. The van der Waals surface area contributed by atoms with Crippen molar-refractivity contribution in [1.29, 1.82) is 0 Å². The highest BCUT2D eigenvalue weighted by Crippen LogP contribution is 2.30. The number of rotatable bonds is 7. The Hall–Kier alpha value is -2.26. The van der Waals surface area contributed by atoms with E-state index in [0.29, 0.717) is 0 Å². The first-order valence-electron chi connectivity index (χ1n) is 10.2. The molecule has 3 nitrogen and oxygen atoms in total. The molecule has 0 spiro atoms. The standard InChI is InChI=1S/C24H31N3/c1-26(2)17-19-15-20-9-3-6-13-24(20)27(18-19)14-8-7-10-21-16-25-23-12-5-4-11-22(21)23/h3-6,9,11-13,16,19,25H,7-8,10,14-15,17-18H2,1-2H3. The molecule has 1 unspecified atom stereocenters. The molecular formula is C24H31N3. The lowest BCUT2D eigenvalue weighted by Gasteiger charge is -2.37. The summed E-state index contributed by atoms with van der Waals surface area (Å²) < 4.78 is 0. The smallest absolute Gasteiger partial charge is 0.0456 e. The summed E-state index contributed by atoms with van der Waals surface area (Å²) in [6.45, 7) is 3.51. The van der Waals surface area contributed by atoms with Gasteiger partial charge in [0.05, 0.1) is 0 Å². The lowest BCUT2D eigenvalue weighted by Crippen LogP contribution is -2.40. The van der Waals surface area contributed by atoms with Gasteiger partial charge >= 0.3 is 0 Å². The lowest BCUT2D eigenvalue weighted by molar-refractivity contribution is 0.317. The molecule has 0 saturated carbocycles. The summed E-state index contributed by atoms with van der Waals surface area (Å²) in [4.78, 5) is 8.35. The summed E-state index contributed by atoms with van der Waals surface area (Å²) in [6, 6.07) is 17.6. The van der Waals surface area contributed by atoms with Crippen molar-refractivity contribution in [1.82, 2.24) is 9.88 Å². The topological polar surface area (TPSA) is 22.3 Å². The van der Waals surface area contributed by atoms with Crippen molar-refractivity contribution in [3.05, 3.63) is 65.9 Å². The van der Waals surface area contributed by atoms with Crippen LogP contribution >= 0.6 is 0 Å². The average molecular weight is 362 g/mol. The number of para-hydroxylation sites is 2. The summed E-state index contributed by atoms with van der Waals surface area (Å²) in [6.07, 6.45) is 7.02. The van der Waals surface area contributed by atoms with Gasteiger partial charge in [-0.25, -0.2) is 0 Å². The molecule has 3 aromatic rings. The first kappa shape index (κ1) is 18.1. The van der Waals surface area contributed by atoms with Gasteiger partial charge < -0.3 is 14.8 Å². The lowest BCUT2D eigenvalue weighted by atomic mass is 9.92. The van der Waals surface area contributed by atoms with E-state index in [9.17, 15) is 0 Å². The first-order valence-corrected chi connectivity index (χ1v) is 10.2. The largest absolute Gasteiger partial charge is 0.371 e. The second-order valence-corrected chi connectivity index (χ2v) is 8.22. The van der Waals surface area contributed by atoms with Crippen molar-refractivity contribution in [2.24, 2.45) is 5.92 Å². The maximum Gasteiger partial charge on any atom is 0.0456 e. The highest BCUT2D eigenvalue weighted by Gasteiger charge is 2.24. The van der Waals surface area contributed by atoms with Crippen LogP contribution in [0.3, 0.4) is 0 Å². The number of aromatic amines is 1. The molecule has 1 aromatic heterocycles. The van der Waals surface area contributed by atoms with Crippen LogP contribution in [0.25, 0.3) is 10.9 Å². The van der Waals surface area contributed by atoms with Crippen molar-refractivity contribution < 1.29 is 0 Å². The van der Waals surface area contributed by atoms with Crippen LogP contribution in [0.15, 0.2) is 54.7 Å². The molecule has 1 N–H and O–H groups in total. The second kappa shape index (κ2) is 8.18. The van der Waals surface area contributed by atoms with E-state index in [-0.39, 0.29) is 0 Å². The molecule has 0 bridgehead atoms. The van der Waals surface area contributed by atoms with Crippen molar-refractivity contribution in [2.45, 2.75) is 25.7 Å². The molecular weight excluding hydrogens is 330 g/mol. The molecule has 1 aliphatic heterocycles. The predicted octanol–water partition coefficient (Wildman–Crippen LogP) is 4.73. The van der Waals surface area contributed by atoms with Crippen LogP contribution in [-0.2, 0) is 12.8 Å². The third kappa shape index (κ3) is 4.19. The van der Waals surface area contributed by atoms with E-state index in [0.717, 1.165) is 18.9 Å². The fraction of sp³-hybridized carbons (Fsp3) is 0.417. The van der Waals surface area contributed by atoms with E-state index in [1.165, 1.54) is 60.1 Å². The minimum atomic E-state index is 0.725. The number of anilines is 1. The maximum absolute atomic E-state index is 3.40. The molecule has 3 heteroatoms. The number of aromatic nitrogens is 1. The van der Waals surface area contributed by atoms with Crippen LogP contribution in [-0.4, -0.2) is 43.6 Å². The molecule has 4 rings (SSSR count). The van der Waals surface area contributed by atoms with Gasteiger partial charge in [-0.3, -0.25) is 0 Å². The zero-order valence-electron chi connectivity index (χ0n) is 16.6. The maximum atomic E-state index is 3.40. The molecule has 0 fully saturated rings. The van der Waals surface area contributed by atoms with Gasteiger partial charge in [-0.15, -0.1) is 0 Å². The molecule has 0 radical (unpaired) electrons. The highest BCUT2D eigenvalue weighted by molar-refractivity contribution is 5.83. The van der Waals surface area contributed by atoms with Crippen LogP contribution in [0.5, 0.6) is 0 Å². The molecule has 2 aromatic carbocycles. The van der Waals surface area contributed by atoms with Gasteiger partial charge in [-0.05, 0) is 69.0 Å². The monoisotopic (exact) mass is 361 g/mol. The van der Waals surface area contributed by atoms with E-state index in [1.807, 2.05) is 0 Å². The fourth-order valence-electron chi connectivity index (χ4n) is 4.58. The summed E-state index contributed by atoms with van der Waals surface area (Å²) in [5.74, 6) is 0.725. The van der Waals surface area contributed by atoms with Gasteiger partial charge in [0, 0.05) is 42.4 Å². The zero-order chi connectivity index (χ0) is 18.6. The van der Waals surface area contributed by atoms with E-state index in [1.54, 1.807) is 0 Å². The van der Waals surface area contributed by atoms with Gasteiger partial charge in [0.2, 0.25) is 0 Å². The number of hydrogen-bond donors (Lipinski definition) is 1. The Bertz CT molecular complexity index is 880. The van der Waals surface area contributed by atoms with Gasteiger partial charge in [-0.1, -0.05) is 36.4 Å².